The molecule has 5 rings (SSSR count). The van der Waals surface area contributed by atoms with Crippen molar-refractivity contribution in [1.29, 1.82) is 0 Å². The molecule has 2 aliphatic heterocycles. The number of rotatable bonds is 4. The lowest BCUT2D eigenvalue weighted by molar-refractivity contribution is 0.366. The molecule has 0 aromatic heterocycles. The third-order valence-corrected chi connectivity index (χ3v) is 5.30. The molecule has 0 saturated carbocycles. The van der Waals surface area contributed by atoms with E-state index in [1.807, 2.05) is 12.1 Å². The van der Waals surface area contributed by atoms with Crippen molar-refractivity contribution >= 4 is 5.71 Å². The highest BCUT2D eigenvalue weighted by molar-refractivity contribution is 6.08. The Morgan fingerprint density at radius 2 is 1.42 bits per heavy atom. The predicted octanol–water partition coefficient (Wildman–Crippen LogP) is 4.62. The summed E-state index contributed by atoms with van der Waals surface area (Å²) in [5.41, 5.74) is 4.86. The minimum absolute atomic E-state index is 0.00318. The maximum atomic E-state index is 5.61. The lowest BCUT2D eigenvalue weighted by Crippen LogP contribution is -2.08. The van der Waals surface area contributed by atoms with Crippen molar-refractivity contribution in [2.45, 2.75) is 18.2 Å². The number of methoxy groups -OCH3 is 1. The number of nitrogens with zero attached hydrogens (tertiary/aromatic N) is 2. The minimum atomic E-state index is -0.00318. The van der Waals surface area contributed by atoms with Gasteiger partial charge in [0.05, 0.1) is 24.9 Å². The molecule has 0 spiro atoms. The Bertz CT molecular complexity index is 952. The predicted molar refractivity (Wildman–Crippen MR) is 104 cm³/mol. The summed E-state index contributed by atoms with van der Waals surface area (Å²) in [7, 11) is 1.73. The van der Waals surface area contributed by atoms with E-state index in [0.29, 0.717) is 12.1 Å². The monoisotopic (exact) mass is 340 g/mol. The first-order chi connectivity index (χ1) is 12.9. The number of para-hydroxylation sites is 1. The van der Waals surface area contributed by atoms with E-state index in [1.54, 1.807) is 7.11 Å². The summed E-state index contributed by atoms with van der Waals surface area (Å²) in [6.45, 7) is 0. The molecule has 1 fully saturated rings. The van der Waals surface area contributed by atoms with E-state index < -0.39 is 0 Å². The zero-order valence-corrected chi connectivity index (χ0v) is 14.6. The van der Waals surface area contributed by atoms with Crippen LogP contribution in [0.1, 0.15) is 28.9 Å². The van der Waals surface area contributed by atoms with Gasteiger partial charge in [0.2, 0.25) is 0 Å². The van der Waals surface area contributed by atoms with Crippen LogP contribution in [0.2, 0.25) is 0 Å². The second-order valence-electron chi connectivity index (χ2n) is 6.74. The number of hydrogen-bond donors (Lipinski definition) is 0. The molecule has 26 heavy (non-hydrogen) atoms. The second-order valence-corrected chi connectivity index (χ2v) is 6.74. The SMILES string of the molecule is COc1ccccc1C1N=C(c2ccccc2)C2C(c3ccccc3)N12. The van der Waals surface area contributed by atoms with E-state index in [9.17, 15) is 0 Å². The Kier molecular flexibility index (Phi) is 3.61. The van der Waals surface area contributed by atoms with Gasteiger partial charge in [0.15, 0.2) is 0 Å². The number of hydrogen-bond acceptors (Lipinski definition) is 3. The van der Waals surface area contributed by atoms with Crippen LogP contribution in [0.15, 0.2) is 89.9 Å². The Balaban J connectivity index is 1.60. The first-order valence-corrected chi connectivity index (χ1v) is 8.97. The maximum absolute atomic E-state index is 5.61. The highest BCUT2D eigenvalue weighted by Crippen LogP contribution is 2.56. The van der Waals surface area contributed by atoms with Crippen molar-refractivity contribution < 1.29 is 4.74 Å². The molecular formula is C23H20N2O. The first kappa shape index (κ1) is 15.4. The summed E-state index contributed by atoms with van der Waals surface area (Å²) in [5, 5.41) is 0. The van der Waals surface area contributed by atoms with Crippen molar-refractivity contribution in [3.05, 3.63) is 102 Å². The molecule has 2 aliphatic rings. The maximum Gasteiger partial charge on any atom is 0.133 e. The molecule has 4 unspecified atom stereocenters. The number of benzene rings is 3. The van der Waals surface area contributed by atoms with Crippen LogP contribution < -0.4 is 4.74 Å². The van der Waals surface area contributed by atoms with Crippen LogP contribution in [0.5, 0.6) is 5.75 Å². The number of fused-ring (bicyclic) bond motifs is 1. The van der Waals surface area contributed by atoms with E-state index in [2.05, 4.69) is 77.7 Å². The van der Waals surface area contributed by atoms with Gasteiger partial charge in [-0.2, -0.15) is 0 Å². The standard InChI is InChI=1S/C23H20N2O/c1-26-19-15-9-8-14-18(19)23-24-20(16-10-4-2-5-11-16)22-21(25(22)23)17-12-6-3-7-13-17/h2-15,21-23H,1H3. The summed E-state index contributed by atoms with van der Waals surface area (Å²) < 4.78 is 5.61. The molecule has 0 bridgehead atoms. The molecule has 0 amide bonds. The lowest BCUT2D eigenvalue weighted by Gasteiger charge is -2.17. The van der Waals surface area contributed by atoms with Crippen molar-refractivity contribution in [3.8, 4) is 5.75 Å². The largest absolute Gasteiger partial charge is 0.496 e. The third kappa shape index (κ3) is 2.36. The topological polar surface area (TPSA) is 24.6 Å². The molecule has 0 radical (unpaired) electrons. The molecule has 3 aromatic rings. The molecule has 4 atom stereocenters. The van der Waals surface area contributed by atoms with Gasteiger partial charge in [-0.25, -0.2) is 0 Å². The van der Waals surface area contributed by atoms with Crippen LogP contribution in [0.25, 0.3) is 0 Å². The fourth-order valence-electron chi connectivity index (χ4n) is 4.09. The highest BCUT2D eigenvalue weighted by Gasteiger charge is 2.59. The van der Waals surface area contributed by atoms with Gasteiger partial charge in [0, 0.05) is 5.56 Å². The van der Waals surface area contributed by atoms with Gasteiger partial charge in [-0.3, -0.25) is 9.89 Å². The van der Waals surface area contributed by atoms with Crippen LogP contribution in [0.4, 0.5) is 0 Å². The second kappa shape index (κ2) is 6.11. The van der Waals surface area contributed by atoms with Gasteiger partial charge in [-0.15, -0.1) is 0 Å². The molecular weight excluding hydrogens is 320 g/mol. The molecule has 3 heteroatoms. The van der Waals surface area contributed by atoms with E-state index in [0.717, 1.165) is 11.3 Å². The summed E-state index contributed by atoms with van der Waals surface area (Å²) in [4.78, 5) is 7.59. The highest BCUT2D eigenvalue weighted by atomic mass is 16.5. The van der Waals surface area contributed by atoms with Gasteiger partial charge in [0.25, 0.3) is 0 Å². The molecule has 3 nitrogen and oxygen atoms in total. The van der Waals surface area contributed by atoms with Crippen LogP contribution in [0, 0.1) is 0 Å². The summed E-state index contributed by atoms with van der Waals surface area (Å²) in [5.74, 6) is 0.896. The zero-order valence-electron chi connectivity index (χ0n) is 14.6. The van der Waals surface area contributed by atoms with Gasteiger partial charge in [-0.1, -0.05) is 78.9 Å². The number of ether oxygens (including phenoxy) is 1. The smallest absolute Gasteiger partial charge is 0.133 e. The van der Waals surface area contributed by atoms with E-state index >= 15 is 0 Å². The summed E-state index contributed by atoms with van der Waals surface area (Å²) in [6, 6.07) is 30.2. The van der Waals surface area contributed by atoms with Crippen LogP contribution >= 0.6 is 0 Å². The Morgan fingerprint density at radius 3 is 2.15 bits per heavy atom. The van der Waals surface area contributed by atoms with Gasteiger partial charge in [0.1, 0.15) is 11.9 Å². The Labute approximate surface area is 153 Å². The Hall–Kier alpha value is -2.91. The molecule has 3 aromatic carbocycles. The van der Waals surface area contributed by atoms with E-state index in [4.69, 9.17) is 9.73 Å². The molecule has 2 heterocycles. The summed E-state index contributed by atoms with van der Waals surface area (Å²) in [6.07, 6.45) is -0.00318. The quantitative estimate of drug-likeness (QED) is 0.647. The van der Waals surface area contributed by atoms with Crippen molar-refractivity contribution in [1.82, 2.24) is 4.90 Å². The fraction of sp³-hybridized carbons (Fsp3) is 0.174. The molecule has 0 aliphatic carbocycles. The molecule has 0 N–H and O–H groups in total. The first-order valence-electron chi connectivity index (χ1n) is 8.97. The average molecular weight is 340 g/mol. The van der Waals surface area contributed by atoms with Crippen molar-refractivity contribution in [2.75, 3.05) is 7.11 Å². The minimum Gasteiger partial charge on any atom is -0.496 e. The van der Waals surface area contributed by atoms with Crippen LogP contribution in [-0.2, 0) is 0 Å². The Morgan fingerprint density at radius 1 is 0.769 bits per heavy atom. The van der Waals surface area contributed by atoms with E-state index in [-0.39, 0.29) is 6.17 Å². The molecule has 1 saturated heterocycles. The number of aliphatic imine (C=N–C) groups is 1. The average Bonchev–Trinajstić information content (AvgIpc) is 3.33. The van der Waals surface area contributed by atoms with Crippen LogP contribution in [-0.4, -0.2) is 23.8 Å². The zero-order chi connectivity index (χ0) is 17.5. The normalized spacial score (nSPS) is 26.1. The van der Waals surface area contributed by atoms with Gasteiger partial charge >= 0.3 is 0 Å². The van der Waals surface area contributed by atoms with Crippen molar-refractivity contribution in [3.63, 3.8) is 0 Å². The lowest BCUT2D eigenvalue weighted by atomic mass is 10.0. The van der Waals surface area contributed by atoms with Crippen LogP contribution in [0.3, 0.4) is 0 Å². The fourth-order valence-corrected chi connectivity index (χ4v) is 4.09. The third-order valence-electron chi connectivity index (χ3n) is 5.30. The van der Waals surface area contributed by atoms with Gasteiger partial charge in [-0.05, 0) is 17.2 Å². The molecule has 128 valence electrons. The van der Waals surface area contributed by atoms with E-state index in [1.165, 1.54) is 16.8 Å². The van der Waals surface area contributed by atoms with Gasteiger partial charge < -0.3 is 4.74 Å². The van der Waals surface area contributed by atoms with Crippen molar-refractivity contribution in [2.24, 2.45) is 4.99 Å². The summed E-state index contributed by atoms with van der Waals surface area (Å²) >= 11 is 0.